The number of anilines is 1. The van der Waals surface area contributed by atoms with Gasteiger partial charge >= 0.3 is 0 Å². The van der Waals surface area contributed by atoms with Crippen molar-refractivity contribution in [1.82, 2.24) is 4.31 Å². The lowest BCUT2D eigenvalue weighted by atomic mass is 10.3. The molecule has 0 unspecified atom stereocenters. The van der Waals surface area contributed by atoms with Crippen LogP contribution in [-0.2, 0) is 16.6 Å². The molecule has 0 amide bonds. The van der Waals surface area contributed by atoms with E-state index in [1.165, 1.54) is 7.05 Å². The average molecular weight is 316 g/mol. The van der Waals surface area contributed by atoms with Crippen LogP contribution in [0.3, 0.4) is 0 Å². The normalized spacial score (nSPS) is 12.0. The first-order chi connectivity index (χ1) is 9.71. The lowest BCUT2D eigenvalue weighted by Crippen LogP contribution is -2.27. The van der Waals surface area contributed by atoms with Crippen LogP contribution in [0.4, 0.5) is 14.5 Å². The van der Waals surface area contributed by atoms with Gasteiger partial charge in [-0.05, 0) is 31.2 Å². The van der Waals surface area contributed by atoms with Crippen LogP contribution in [-0.4, -0.2) is 19.8 Å². The zero-order valence-electron chi connectivity index (χ0n) is 11.4. The molecule has 2 N–H and O–H groups in total. The van der Waals surface area contributed by atoms with Crippen LogP contribution in [0.5, 0.6) is 0 Å². The molecular weight excluding hydrogens is 302 g/mol. The molecular formula is C13H14F2N2O3S. The summed E-state index contributed by atoms with van der Waals surface area (Å²) >= 11 is 0. The fourth-order valence-corrected chi connectivity index (χ4v) is 3.06. The summed E-state index contributed by atoms with van der Waals surface area (Å²) in [6.07, 6.45) is 0. The number of furan rings is 1. The highest BCUT2D eigenvalue weighted by molar-refractivity contribution is 7.89. The third-order valence-electron chi connectivity index (χ3n) is 2.88. The van der Waals surface area contributed by atoms with Gasteiger partial charge < -0.3 is 10.2 Å². The summed E-state index contributed by atoms with van der Waals surface area (Å²) in [6, 6.07) is 4.90. The number of hydrogen-bond donors (Lipinski definition) is 1. The Hall–Kier alpha value is -1.93. The van der Waals surface area contributed by atoms with E-state index in [0.717, 1.165) is 16.4 Å². The number of rotatable bonds is 4. The first-order valence-corrected chi connectivity index (χ1v) is 7.42. The third kappa shape index (κ3) is 3.06. The van der Waals surface area contributed by atoms with Crippen molar-refractivity contribution in [3.8, 4) is 0 Å². The maximum atomic E-state index is 13.7. The highest BCUT2D eigenvalue weighted by atomic mass is 32.2. The predicted octanol–water partition coefficient (Wildman–Crippen LogP) is 2.27. The summed E-state index contributed by atoms with van der Waals surface area (Å²) < 4.78 is 57.7. The first-order valence-electron chi connectivity index (χ1n) is 5.98. The molecule has 5 nitrogen and oxygen atoms in total. The van der Waals surface area contributed by atoms with Crippen LogP contribution in [0.15, 0.2) is 33.6 Å². The van der Waals surface area contributed by atoms with E-state index in [9.17, 15) is 17.2 Å². The van der Waals surface area contributed by atoms with Gasteiger partial charge in [0.2, 0.25) is 10.0 Å². The molecule has 114 valence electrons. The van der Waals surface area contributed by atoms with Gasteiger partial charge in [0.15, 0.2) is 11.6 Å². The van der Waals surface area contributed by atoms with E-state index in [0.29, 0.717) is 11.5 Å². The van der Waals surface area contributed by atoms with Gasteiger partial charge in [-0.25, -0.2) is 17.2 Å². The fourth-order valence-electron chi connectivity index (χ4n) is 1.81. The molecule has 0 aliphatic heterocycles. The van der Waals surface area contributed by atoms with Gasteiger partial charge in [-0.3, -0.25) is 0 Å². The third-order valence-corrected chi connectivity index (χ3v) is 4.68. The second kappa shape index (κ2) is 5.45. The zero-order valence-corrected chi connectivity index (χ0v) is 12.2. The van der Waals surface area contributed by atoms with E-state index in [4.69, 9.17) is 10.2 Å². The molecule has 0 radical (unpaired) electrons. The minimum Gasteiger partial charge on any atom is -0.465 e. The Morgan fingerprint density at radius 3 is 2.52 bits per heavy atom. The van der Waals surface area contributed by atoms with Crippen LogP contribution < -0.4 is 5.73 Å². The Labute approximate surface area is 121 Å². The van der Waals surface area contributed by atoms with Gasteiger partial charge in [-0.15, -0.1) is 0 Å². The van der Waals surface area contributed by atoms with Crippen molar-refractivity contribution < 1.29 is 21.6 Å². The number of sulfonamides is 1. The van der Waals surface area contributed by atoms with Crippen molar-refractivity contribution in [3.05, 3.63) is 47.4 Å². The van der Waals surface area contributed by atoms with E-state index < -0.39 is 26.6 Å². The lowest BCUT2D eigenvalue weighted by molar-refractivity contribution is 0.393. The van der Waals surface area contributed by atoms with Crippen molar-refractivity contribution in [2.45, 2.75) is 18.4 Å². The quantitative estimate of drug-likeness (QED) is 0.878. The van der Waals surface area contributed by atoms with E-state index in [1.807, 2.05) is 0 Å². The van der Waals surface area contributed by atoms with Crippen LogP contribution in [0.1, 0.15) is 11.5 Å². The summed E-state index contributed by atoms with van der Waals surface area (Å²) in [5.41, 5.74) is 5.20. The van der Waals surface area contributed by atoms with E-state index in [2.05, 4.69) is 0 Å². The summed E-state index contributed by atoms with van der Waals surface area (Å²) in [6.45, 7) is 1.61. The maximum absolute atomic E-state index is 13.7. The van der Waals surface area contributed by atoms with E-state index in [-0.39, 0.29) is 12.2 Å². The molecule has 2 aromatic rings. The number of benzene rings is 1. The first kappa shape index (κ1) is 15.5. The van der Waals surface area contributed by atoms with Gasteiger partial charge in [-0.1, -0.05) is 0 Å². The van der Waals surface area contributed by atoms with E-state index >= 15 is 0 Å². The van der Waals surface area contributed by atoms with Gasteiger partial charge in [0.25, 0.3) is 0 Å². The SMILES string of the molecule is Cc1ccc(CN(C)S(=O)(=O)c2cc(N)cc(F)c2F)o1. The molecule has 1 aromatic heterocycles. The monoisotopic (exact) mass is 316 g/mol. The molecule has 0 aliphatic carbocycles. The van der Waals surface area contributed by atoms with Crippen molar-refractivity contribution in [2.24, 2.45) is 0 Å². The Morgan fingerprint density at radius 2 is 1.95 bits per heavy atom. The molecule has 0 saturated heterocycles. The minimum atomic E-state index is -4.23. The Balaban J connectivity index is 2.37. The van der Waals surface area contributed by atoms with Crippen LogP contribution in [0.2, 0.25) is 0 Å². The van der Waals surface area contributed by atoms with Gasteiger partial charge in [0.1, 0.15) is 16.4 Å². The number of nitrogens with two attached hydrogens (primary N) is 1. The summed E-state index contributed by atoms with van der Waals surface area (Å²) in [4.78, 5) is -0.800. The topological polar surface area (TPSA) is 76.5 Å². The number of hydrogen-bond acceptors (Lipinski definition) is 4. The number of nitrogens with zero attached hydrogens (tertiary/aromatic N) is 1. The number of nitrogen functional groups attached to an aromatic ring is 1. The van der Waals surface area contributed by atoms with Crippen LogP contribution >= 0.6 is 0 Å². The second-order valence-electron chi connectivity index (χ2n) is 4.59. The molecule has 2 rings (SSSR count). The maximum Gasteiger partial charge on any atom is 0.246 e. The average Bonchev–Trinajstić information content (AvgIpc) is 2.79. The van der Waals surface area contributed by atoms with Gasteiger partial charge in [-0.2, -0.15) is 4.31 Å². The summed E-state index contributed by atoms with van der Waals surface area (Å²) in [5, 5.41) is 0. The van der Waals surface area contributed by atoms with Crippen molar-refractivity contribution in [1.29, 1.82) is 0 Å². The van der Waals surface area contributed by atoms with Crippen molar-refractivity contribution in [2.75, 3.05) is 12.8 Å². The molecule has 21 heavy (non-hydrogen) atoms. The van der Waals surface area contributed by atoms with Crippen LogP contribution in [0, 0.1) is 18.6 Å². The highest BCUT2D eigenvalue weighted by Gasteiger charge is 2.27. The molecule has 0 spiro atoms. The molecule has 0 atom stereocenters. The fraction of sp³-hybridized carbons (Fsp3) is 0.231. The molecule has 0 bridgehead atoms. The summed E-state index contributed by atoms with van der Waals surface area (Å²) in [5.74, 6) is -1.75. The van der Waals surface area contributed by atoms with Crippen LogP contribution in [0.25, 0.3) is 0 Å². The van der Waals surface area contributed by atoms with Gasteiger partial charge in [0, 0.05) is 12.7 Å². The van der Waals surface area contributed by atoms with Crippen molar-refractivity contribution in [3.63, 3.8) is 0 Å². The Kier molecular flexibility index (Phi) is 4.02. The second-order valence-corrected chi connectivity index (χ2v) is 6.60. The van der Waals surface area contributed by atoms with E-state index in [1.54, 1.807) is 19.1 Å². The van der Waals surface area contributed by atoms with Gasteiger partial charge in [0.05, 0.1) is 6.54 Å². The molecule has 8 heteroatoms. The lowest BCUT2D eigenvalue weighted by Gasteiger charge is -2.17. The molecule has 0 saturated carbocycles. The summed E-state index contributed by atoms with van der Waals surface area (Å²) in [7, 11) is -2.98. The molecule has 1 heterocycles. The standard InChI is InChI=1S/C13H14F2N2O3S/c1-8-3-4-10(20-8)7-17(2)21(18,19)12-6-9(16)5-11(14)13(12)15/h3-6H,7,16H2,1-2H3. The number of aryl methyl sites for hydroxylation is 1. The molecule has 0 aliphatic rings. The number of halogens is 2. The zero-order chi connectivity index (χ0) is 15.8. The molecule has 1 aromatic carbocycles. The van der Waals surface area contributed by atoms with Crippen molar-refractivity contribution >= 4 is 15.7 Å². The minimum absolute atomic E-state index is 0.105. The Bertz CT molecular complexity index is 772. The highest BCUT2D eigenvalue weighted by Crippen LogP contribution is 2.24. The largest absolute Gasteiger partial charge is 0.465 e. The Morgan fingerprint density at radius 1 is 1.29 bits per heavy atom. The molecule has 0 fully saturated rings. The smallest absolute Gasteiger partial charge is 0.246 e. The predicted molar refractivity (Wildman–Crippen MR) is 72.9 cm³/mol.